The van der Waals surface area contributed by atoms with Crippen LogP contribution < -0.4 is 5.32 Å². The summed E-state index contributed by atoms with van der Waals surface area (Å²) in [5, 5.41) is 17.9. The zero-order valence-electron chi connectivity index (χ0n) is 7.67. The summed E-state index contributed by atoms with van der Waals surface area (Å²) in [5.41, 5.74) is 0.829. The minimum atomic E-state index is -3.13. The molecule has 78 valence electrons. The van der Waals surface area contributed by atoms with Gasteiger partial charge >= 0.3 is 0 Å². The van der Waals surface area contributed by atoms with Crippen molar-refractivity contribution in [2.24, 2.45) is 0 Å². The van der Waals surface area contributed by atoms with E-state index in [0.717, 1.165) is 5.56 Å². The number of nitrogens with zero attached hydrogens (tertiary/aromatic N) is 2. The van der Waals surface area contributed by atoms with Gasteiger partial charge in [0.1, 0.15) is 12.4 Å². The molecule has 0 fully saturated rings. The molecule has 0 unspecified atom stereocenters. The third kappa shape index (κ3) is 3.21. The van der Waals surface area contributed by atoms with Gasteiger partial charge in [0.2, 0.25) is 0 Å². The molecule has 6 heteroatoms. The molecule has 0 amide bonds. The Morgan fingerprint density at radius 1 is 1.57 bits per heavy atom. The van der Waals surface area contributed by atoms with Gasteiger partial charge in [-0.25, -0.2) is 8.78 Å². The zero-order chi connectivity index (χ0) is 10.6. The number of hydrogen-bond acceptors (Lipinski definition) is 4. The van der Waals surface area contributed by atoms with Crippen molar-refractivity contribution < 1.29 is 13.9 Å². The van der Waals surface area contributed by atoms with Crippen molar-refractivity contribution in [1.29, 1.82) is 0 Å². The molecule has 0 spiro atoms. The Balaban J connectivity index is 2.54. The highest BCUT2D eigenvalue weighted by atomic mass is 19.3. The van der Waals surface area contributed by atoms with Gasteiger partial charge in [0.25, 0.3) is 5.92 Å². The lowest BCUT2D eigenvalue weighted by atomic mass is 10.3. The Hall–Kier alpha value is -1.30. The first kappa shape index (κ1) is 10.8. The predicted molar refractivity (Wildman–Crippen MR) is 47.3 cm³/mol. The summed E-state index contributed by atoms with van der Waals surface area (Å²) < 4.78 is 25.2. The van der Waals surface area contributed by atoms with E-state index in [1.165, 1.54) is 6.20 Å². The maximum Gasteiger partial charge on any atom is 0.287 e. The molecular formula is C8H11F2N3O. The van der Waals surface area contributed by atoms with E-state index in [4.69, 9.17) is 5.11 Å². The summed E-state index contributed by atoms with van der Waals surface area (Å²) in [4.78, 5) is 0. The van der Waals surface area contributed by atoms with E-state index in [-0.39, 0.29) is 5.82 Å². The number of hydrogen-bond donors (Lipinski definition) is 2. The number of nitrogens with one attached hydrogen (secondary N) is 1. The fraction of sp³-hybridized carbons (Fsp3) is 0.500. The van der Waals surface area contributed by atoms with E-state index in [2.05, 4.69) is 15.5 Å². The molecule has 0 aliphatic heterocycles. The summed E-state index contributed by atoms with van der Waals surface area (Å²) in [6, 6.07) is 1.60. The number of rotatable bonds is 4. The Bertz CT molecular complexity index is 306. The molecule has 0 aliphatic carbocycles. The summed E-state index contributed by atoms with van der Waals surface area (Å²) >= 11 is 0. The minimum Gasteiger partial charge on any atom is -0.390 e. The van der Waals surface area contributed by atoms with Gasteiger partial charge in [-0.2, -0.15) is 5.10 Å². The van der Waals surface area contributed by atoms with E-state index in [1.807, 2.05) is 0 Å². The van der Waals surface area contributed by atoms with Gasteiger partial charge < -0.3 is 10.4 Å². The van der Waals surface area contributed by atoms with E-state index in [1.54, 1.807) is 13.0 Å². The second-order valence-corrected chi connectivity index (χ2v) is 2.99. The Morgan fingerprint density at radius 2 is 2.29 bits per heavy atom. The number of aliphatic hydroxyl groups excluding tert-OH is 1. The molecule has 1 rings (SSSR count). The monoisotopic (exact) mass is 203 g/mol. The largest absolute Gasteiger partial charge is 0.390 e. The number of anilines is 1. The van der Waals surface area contributed by atoms with Crippen molar-refractivity contribution in [2.75, 3.05) is 18.5 Å². The first-order chi connectivity index (χ1) is 6.53. The Kier molecular flexibility index (Phi) is 3.29. The maximum atomic E-state index is 12.6. The molecular weight excluding hydrogens is 192 g/mol. The number of halogens is 2. The topological polar surface area (TPSA) is 58.0 Å². The highest BCUT2D eigenvalue weighted by Gasteiger charge is 2.27. The first-order valence-electron chi connectivity index (χ1n) is 4.05. The van der Waals surface area contributed by atoms with Crippen molar-refractivity contribution >= 4 is 5.82 Å². The molecule has 1 aromatic heterocycles. The van der Waals surface area contributed by atoms with E-state index >= 15 is 0 Å². The summed E-state index contributed by atoms with van der Waals surface area (Å²) in [5.74, 6) is -2.86. The third-order valence-electron chi connectivity index (χ3n) is 1.55. The predicted octanol–water partition coefficient (Wildman–Crippen LogP) is 0.825. The average Bonchev–Trinajstić information content (AvgIpc) is 2.15. The lowest BCUT2D eigenvalue weighted by Gasteiger charge is -2.13. The standard InChI is InChI=1S/C8H11F2N3O/c1-6-2-7(13-12-3-6)11-4-8(9,10)5-14/h2-3,14H,4-5H2,1H3,(H,11,13). The molecule has 0 saturated carbocycles. The van der Waals surface area contributed by atoms with Gasteiger partial charge in [-0.15, -0.1) is 5.10 Å². The summed E-state index contributed by atoms with van der Waals surface area (Å²) in [6.45, 7) is -0.0507. The molecule has 2 N–H and O–H groups in total. The highest BCUT2D eigenvalue weighted by Crippen LogP contribution is 2.13. The van der Waals surface area contributed by atoms with Crippen molar-refractivity contribution in [3.63, 3.8) is 0 Å². The van der Waals surface area contributed by atoms with Gasteiger partial charge in [-0.05, 0) is 18.6 Å². The van der Waals surface area contributed by atoms with Gasteiger partial charge in [0.05, 0.1) is 12.7 Å². The number of aromatic nitrogens is 2. The SMILES string of the molecule is Cc1cnnc(NCC(F)(F)CO)c1. The zero-order valence-corrected chi connectivity index (χ0v) is 7.67. The molecule has 0 bridgehead atoms. The fourth-order valence-electron chi connectivity index (χ4n) is 0.826. The molecule has 0 aromatic carbocycles. The van der Waals surface area contributed by atoms with Crippen molar-refractivity contribution in [3.05, 3.63) is 17.8 Å². The van der Waals surface area contributed by atoms with Crippen LogP contribution in [0.2, 0.25) is 0 Å². The lowest BCUT2D eigenvalue weighted by Crippen LogP contribution is -2.31. The van der Waals surface area contributed by atoms with Crippen LogP contribution in [0.15, 0.2) is 12.3 Å². The summed E-state index contributed by atoms with van der Waals surface area (Å²) in [6.07, 6.45) is 1.52. The number of aryl methyl sites for hydroxylation is 1. The quantitative estimate of drug-likeness (QED) is 0.760. The van der Waals surface area contributed by atoms with Crippen molar-refractivity contribution in [2.45, 2.75) is 12.8 Å². The lowest BCUT2D eigenvalue weighted by molar-refractivity contribution is -0.0373. The Morgan fingerprint density at radius 3 is 2.86 bits per heavy atom. The molecule has 14 heavy (non-hydrogen) atoms. The maximum absolute atomic E-state index is 12.6. The van der Waals surface area contributed by atoms with Gasteiger partial charge in [-0.3, -0.25) is 0 Å². The molecule has 0 atom stereocenters. The van der Waals surface area contributed by atoms with E-state index in [0.29, 0.717) is 0 Å². The van der Waals surface area contributed by atoms with Gasteiger partial charge in [0, 0.05) is 0 Å². The van der Waals surface area contributed by atoms with Crippen LogP contribution in [-0.4, -0.2) is 34.4 Å². The highest BCUT2D eigenvalue weighted by molar-refractivity contribution is 5.35. The van der Waals surface area contributed by atoms with Crippen molar-refractivity contribution in [3.8, 4) is 0 Å². The summed E-state index contributed by atoms with van der Waals surface area (Å²) in [7, 11) is 0. The molecule has 0 saturated heterocycles. The van der Waals surface area contributed by atoms with E-state index < -0.39 is 19.1 Å². The smallest absolute Gasteiger partial charge is 0.287 e. The van der Waals surface area contributed by atoms with Crippen LogP contribution in [-0.2, 0) is 0 Å². The van der Waals surface area contributed by atoms with Crippen LogP contribution in [0, 0.1) is 6.92 Å². The fourth-order valence-corrected chi connectivity index (χ4v) is 0.826. The molecule has 1 heterocycles. The van der Waals surface area contributed by atoms with Crippen LogP contribution in [0.1, 0.15) is 5.56 Å². The molecule has 0 radical (unpaired) electrons. The van der Waals surface area contributed by atoms with Crippen LogP contribution in [0.4, 0.5) is 14.6 Å². The van der Waals surface area contributed by atoms with E-state index in [9.17, 15) is 8.78 Å². The number of alkyl halides is 2. The second kappa shape index (κ2) is 4.28. The minimum absolute atomic E-state index is 0.276. The molecule has 0 aliphatic rings. The van der Waals surface area contributed by atoms with Crippen LogP contribution in [0.25, 0.3) is 0 Å². The third-order valence-corrected chi connectivity index (χ3v) is 1.55. The normalized spacial score (nSPS) is 11.4. The second-order valence-electron chi connectivity index (χ2n) is 2.99. The van der Waals surface area contributed by atoms with Crippen LogP contribution >= 0.6 is 0 Å². The Labute approximate surface area is 80.0 Å². The first-order valence-corrected chi connectivity index (χ1v) is 4.05. The molecule has 4 nitrogen and oxygen atoms in total. The van der Waals surface area contributed by atoms with Crippen LogP contribution in [0.5, 0.6) is 0 Å². The molecule has 1 aromatic rings. The number of aliphatic hydroxyl groups is 1. The van der Waals surface area contributed by atoms with Gasteiger partial charge in [0.15, 0.2) is 0 Å². The van der Waals surface area contributed by atoms with Gasteiger partial charge in [-0.1, -0.05) is 0 Å². The van der Waals surface area contributed by atoms with Crippen molar-refractivity contribution in [1.82, 2.24) is 10.2 Å². The van der Waals surface area contributed by atoms with Crippen LogP contribution in [0.3, 0.4) is 0 Å². The average molecular weight is 203 g/mol.